The van der Waals surface area contributed by atoms with Crippen LogP contribution in [0.1, 0.15) is 37.8 Å². The number of carbonyl (C=O) groups excluding carboxylic acids is 3. The van der Waals surface area contributed by atoms with Crippen molar-refractivity contribution in [2.45, 2.75) is 38.3 Å². The first-order valence-corrected chi connectivity index (χ1v) is 11.1. The summed E-state index contributed by atoms with van der Waals surface area (Å²) >= 11 is 6.37. The van der Waals surface area contributed by atoms with Crippen LogP contribution in [0.3, 0.4) is 0 Å². The second-order valence-electron chi connectivity index (χ2n) is 7.92. The molecule has 166 valence electrons. The van der Waals surface area contributed by atoms with Crippen LogP contribution >= 0.6 is 11.6 Å². The Bertz CT molecular complexity index is 913. The Morgan fingerprint density at radius 3 is 2.84 bits per heavy atom. The number of urea groups is 1. The maximum atomic E-state index is 13.3. The Balaban J connectivity index is 1.46. The highest BCUT2D eigenvalue weighted by atomic mass is 35.5. The highest BCUT2D eigenvalue weighted by Crippen LogP contribution is 2.38. The van der Waals surface area contributed by atoms with Crippen molar-refractivity contribution in [3.8, 4) is 0 Å². The van der Waals surface area contributed by atoms with Gasteiger partial charge in [-0.25, -0.2) is 4.79 Å². The molecular formula is C22H27ClN4O4. The lowest BCUT2D eigenvalue weighted by molar-refractivity contribution is -0.127. The van der Waals surface area contributed by atoms with E-state index in [2.05, 4.69) is 10.6 Å². The van der Waals surface area contributed by atoms with Crippen LogP contribution in [0.15, 0.2) is 35.5 Å². The van der Waals surface area contributed by atoms with E-state index in [9.17, 15) is 14.4 Å². The molecular weight excluding hydrogens is 420 g/mol. The Labute approximate surface area is 186 Å². The summed E-state index contributed by atoms with van der Waals surface area (Å²) in [4.78, 5) is 41.4. The monoisotopic (exact) mass is 446 g/mol. The molecule has 3 aliphatic rings. The number of hydrogen-bond acceptors (Lipinski definition) is 4. The molecule has 0 aliphatic carbocycles. The highest BCUT2D eigenvalue weighted by Gasteiger charge is 2.43. The first-order valence-electron chi connectivity index (χ1n) is 10.7. The third-order valence-electron chi connectivity index (χ3n) is 5.99. The van der Waals surface area contributed by atoms with Crippen LogP contribution in [0, 0.1) is 0 Å². The predicted molar refractivity (Wildman–Crippen MR) is 115 cm³/mol. The van der Waals surface area contributed by atoms with E-state index in [1.54, 1.807) is 15.9 Å². The first-order chi connectivity index (χ1) is 15.0. The summed E-state index contributed by atoms with van der Waals surface area (Å²) < 4.78 is 5.52. The summed E-state index contributed by atoms with van der Waals surface area (Å²) in [6.07, 6.45) is 2.26. The normalized spacial score (nSPS) is 23.3. The van der Waals surface area contributed by atoms with Gasteiger partial charge in [0.2, 0.25) is 5.91 Å². The number of amides is 4. The maximum Gasteiger partial charge on any atom is 0.322 e. The summed E-state index contributed by atoms with van der Waals surface area (Å²) in [5.74, 6) is -0.289. The van der Waals surface area contributed by atoms with Gasteiger partial charge in [0, 0.05) is 37.7 Å². The second kappa shape index (κ2) is 9.28. The quantitative estimate of drug-likeness (QED) is 0.671. The Morgan fingerprint density at radius 2 is 2.13 bits per heavy atom. The number of nitrogens with zero attached hydrogens (tertiary/aromatic N) is 2. The number of halogens is 1. The van der Waals surface area contributed by atoms with Crippen LogP contribution in [0.2, 0.25) is 5.02 Å². The van der Waals surface area contributed by atoms with Crippen molar-refractivity contribution < 1.29 is 19.1 Å². The van der Waals surface area contributed by atoms with E-state index < -0.39 is 6.04 Å². The van der Waals surface area contributed by atoms with Crippen LogP contribution in [-0.2, 0) is 14.3 Å². The van der Waals surface area contributed by atoms with Gasteiger partial charge in [-0.05, 0) is 31.4 Å². The number of benzene rings is 1. The van der Waals surface area contributed by atoms with E-state index in [1.165, 1.54) is 0 Å². The van der Waals surface area contributed by atoms with Crippen molar-refractivity contribution in [2.75, 3.05) is 32.8 Å². The van der Waals surface area contributed by atoms with E-state index in [0.717, 1.165) is 19.4 Å². The molecule has 0 spiro atoms. The number of nitrogens with one attached hydrogen (secondary N) is 2. The van der Waals surface area contributed by atoms with Gasteiger partial charge in [0.05, 0.1) is 30.0 Å². The number of ether oxygens (including phenoxy) is 1. The molecule has 0 radical (unpaired) electrons. The third kappa shape index (κ3) is 4.41. The van der Waals surface area contributed by atoms with Crippen LogP contribution < -0.4 is 10.6 Å². The lowest BCUT2D eigenvalue weighted by Crippen LogP contribution is -2.47. The molecule has 3 aliphatic heterocycles. The fourth-order valence-electron chi connectivity index (χ4n) is 4.36. The summed E-state index contributed by atoms with van der Waals surface area (Å²) in [6.45, 7) is 4.14. The summed E-state index contributed by atoms with van der Waals surface area (Å²) in [6, 6.07) is 6.33. The molecule has 1 saturated heterocycles. The predicted octanol–water partition coefficient (Wildman–Crippen LogP) is 2.21. The van der Waals surface area contributed by atoms with E-state index in [1.807, 2.05) is 25.1 Å². The molecule has 9 heteroatoms. The standard InChI is InChI=1S/C22H27ClN4O4/c1-2-27-17-13-26(10-9-18(28)24-12-14-6-5-11-31-14)21(29)19(17)20(25-22(27)30)15-7-3-4-8-16(15)23/h3-4,7-8,14,20H,2,5-6,9-13H2,1H3,(H,24,28)(H,25,30)/t14-,20-/m0/s1. The number of carbonyl (C=O) groups is 3. The molecule has 1 aromatic rings. The largest absolute Gasteiger partial charge is 0.376 e. The topological polar surface area (TPSA) is 91.0 Å². The summed E-state index contributed by atoms with van der Waals surface area (Å²) in [5.41, 5.74) is 1.89. The van der Waals surface area contributed by atoms with Crippen LogP contribution in [-0.4, -0.2) is 66.5 Å². The minimum Gasteiger partial charge on any atom is -0.376 e. The van der Waals surface area contributed by atoms with E-state index in [0.29, 0.717) is 41.5 Å². The average Bonchev–Trinajstić information content (AvgIpc) is 3.39. The molecule has 3 heterocycles. The maximum absolute atomic E-state index is 13.3. The second-order valence-corrected chi connectivity index (χ2v) is 8.33. The third-order valence-corrected chi connectivity index (χ3v) is 6.33. The molecule has 0 aromatic heterocycles. The van der Waals surface area contributed by atoms with Crippen molar-refractivity contribution in [3.63, 3.8) is 0 Å². The Morgan fingerprint density at radius 1 is 1.32 bits per heavy atom. The SMILES string of the molecule is CCN1C(=O)N[C@@H](c2ccccc2Cl)C2=C1CN(CCC(=O)NC[C@@H]1CCCO1)C2=O. The van der Waals surface area contributed by atoms with Gasteiger partial charge in [0.15, 0.2) is 0 Å². The van der Waals surface area contributed by atoms with Gasteiger partial charge in [0.1, 0.15) is 0 Å². The Kier molecular flexibility index (Phi) is 6.48. The molecule has 31 heavy (non-hydrogen) atoms. The van der Waals surface area contributed by atoms with Crippen molar-refractivity contribution in [1.29, 1.82) is 0 Å². The fourth-order valence-corrected chi connectivity index (χ4v) is 4.61. The van der Waals surface area contributed by atoms with Crippen molar-refractivity contribution >= 4 is 29.4 Å². The zero-order chi connectivity index (χ0) is 22.0. The summed E-state index contributed by atoms with van der Waals surface area (Å²) in [7, 11) is 0. The first kappa shape index (κ1) is 21.6. The van der Waals surface area contributed by atoms with E-state index >= 15 is 0 Å². The summed E-state index contributed by atoms with van der Waals surface area (Å²) in [5, 5.41) is 6.29. The average molecular weight is 447 g/mol. The minimum atomic E-state index is -0.607. The van der Waals surface area contributed by atoms with Gasteiger partial charge in [-0.1, -0.05) is 29.8 Å². The fraction of sp³-hybridized carbons (Fsp3) is 0.500. The molecule has 4 amide bonds. The number of hydrogen-bond donors (Lipinski definition) is 2. The van der Waals surface area contributed by atoms with Gasteiger partial charge in [-0.15, -0.1) is 0 Å². The van der Waals surface area contributed by atoms with Crippen LogP contribution in [0.25, 0.3) is 0 Å². The number of likely N-dealkylation sites (N-methyl/N-ethyl adjacent to an activating group) is 1. The van der Waals surface area contributed by atoms with Gasteiger partial charge in [0.25, 0.3) is 5.91 Å². The lowest BCUT2D eigenvalue weighted by Gasteiger charge is -2.33. The van der Waals surface area contributed by atoms with Gasteiger partial charge < -0.3 is 20.3 Å². The molecule has 1 aromatic carbocycles. The molecule has 2 atom stereocenters. The molecule has 0 unspecified atom stereocenters. The van der Waals surface area contributed by atoms with Crippen LogP contribution in [0.4, 0.5) is 4.79 Å². The molecule has 0 bridgehead atoms. The molecule has 8 nitrogen and oxygen atoms in total. The van der Waals surface area contributed by atoms with Crippen LogP contribution in [0.5, 0.6) is 0 Å². The van der Waals surface area contributed by atoms with Gasteiger partial charge in [-0.2, -0.15) is 0 Å². The highest BCUT2D eigenvalue weighted by molar-refractivity contribution is 6.31. The molecule has 2 N–H and O–H groups in total. The van der Waals surface area contributed by atoms with E-state index in [-0.39, 0.29) is 36.9 Å². The molecule has 0 saturated carbocycles. The van der Waals surface area contributed by atoms with Gasteiger partial charge >= 0.3 is 6.03 Å². The minimum absolute atomic E-state index is 0.0814. The van der Waals surface area contributed by atoms with Gasteiger partial charge in [-0.3, -0.25) is 14.5 Å². The van der Waals surface area contributed by atoms with Crippen molar-refractivity contribution in [2.24, 2.45) is 0 Å². The molecule has 4 rings (SSSR count). The lowest BCUT2D eigenvalue weighted by atomic mass is 9.95. The molecule has 1 fully saturated rings. The van der Waals surface area contributed by atoms with Crippen molar-refractivity contribution in [1.82, 2.24) is 20.4 Å². The number of rotatable bonds is 7. The van der Waals surface area contributed by atoms with Crippen molar-refractivity contribution in [3.05, 3.63) is 46.1 Å². The zero-order valence-electron chi connectivity index (χ0n) is 17.5. The van der Waals surface area contributed by atoms with E-state index in [4.69, 9.17) is 16.3 Å². The smallest absolute Gasteiger partial charge is 0.322 e. The zero-order valence-corrected chi connectivity index (χ0v) is 18.3. The Hall–Kier alpha value is -2.58.